The molecule has 3 heterocycles. The Hall–Kier alpha value is -2.32. The molecule has 8 heteroatoms. The lowest BCUT2D eigenvalue weighted by molar-refractivity contribution is -0.135. The Morgan fingerprint density at radius 1 is 1.07 bits per heavy atom. The first-order valence-corrected chi connectivity index (χ1v) is 11.5. The van der Waals surface area contributed by atoms with Gasteiger partial charge in [-0.05, 0) is 42.8 Å². The number of hydrogen-bond acceptors (Lipinski definition) is 5. The Labute approximate surface area is 178 Å². The second kappa shape index (κ2) is 9.00. The van der Waals surface area contributed by atoms with Crippen molar-refractivity contribution in [2.24, 2.45) is 0 Å². The monoisotopic (exact) mass is 429 g/mol. The lowest BCUT2D eigenvalue weighted by Gasteiger charge is -2.36. The molecule has 29 heavy (non-hydrogen) atoms. The molecular weight excluding hydrogens is 406 g/mol. The fourth-order valence-electron chi connectivity index (χ4n) is 3.62. The van der Waals surface area contributed by atoms with Gasteiger partial charge in [0, 0.05) is 22.9 Å². The number of thioether (sulfide) groups is 1. The number of carbonyl (C=O) groups is 3. The molecule has 2 aliphatic heterocycles. The number of carbonyl (C=O) groups excluding carboxylic acids is 3. The predicted molar refractivity (Wildman–Crippen MR) is 115 cm³/mol. The van der Waals surface area contributed by atoms with Crippen molar-refractivity contribution in [2.75, 3.05) is 24.5 Å². The highest BCUT2D eigenvalue weighted by molar-refractivity contribution is 8.01. The van der Waals surface area contributed by atoms with E-state index in [-0.39, 0.29) is 24.3 Å². The van der Waals surface area contributed by atoms with E-state index in [9.17, 15) is 14.4 Å². The number of fused-ring (bicyclic) bond motifs is 1. The van der Waals surface area contributed by atoms with E-state index in [1.54, 1.807) is 16.2 Å². The normalized spacial score (nSPS) is 19.0. The lowest BCUT2D eigenvalue weighted by atomic mass is 10.1. The average molecular weight is 430 g/mol. The van der Waals surface area contributed by atoms with E-state index in [1.165, 1.54) is 16.7 Å². The SMILES string of the molecule is O=C(CN1C(=O)[C@H](C(=O)N2CCCCC2)Sc2ccccc21)NCc1cccs1. The molecule has 2 aliphatic rings. The Kier molecular flexibility index (Phi) is 6.20. The number of benzene rings is 1. The van der Waals surface area contributed by atoms with Gasteiger partial charge in [-0.3, -0.25) is 14.4 Å². The fraction of sp³-hybridized carbons (Fsp3) is 0.381. The minimum absolute atomic E-state index is 0.0917. The van der Waals surface area contributed by atoms with Gasteiger partial charge in [0.05, 0.1) is 12.2 Å². The van der Waals surface area contributed by atoms with Crippen LogP contribution >= 0.6 is 23.1 Å². The van der Waals surface area contributed by atoms with E-state index >= 15 is 0 Å². The number of para-hydroxylation sites is 1. The van der Waals surface area contributed by atoms with Crippen LogP contribution in [0.25, 0.3) is 0 Å². The highest BCUT2D eigenvalue weighted by Crippen LogP contribution is 2.39. The second-order valence-corrected chi connectivity index (χ2v) is 9.31. The molecule has 1 saturated heterocycles. The van der Waals surface area contributed by atoms with Gasteiger partial charge in [0.25, 0.3) is 5.91 Å². The Morgan fingerprint density at radius 2 is 1.86 bits per heavy atom. The van der Waals surface area contributed by atoms with Crippen molar-refractivity contribution in [2.45, 2.75) is 36.0 Å². The summed E-state index contributed by atoms with van der Waals surface area (Å²) in [6, 6.07) is 11.4. The van der Waals surface area contributed by atoms with Crippen molar-refractivity contribution in [3.8, 4) is 0 Å². The summed E-state index contributed by atoms with van der Waals surface area (Å²) in [5, 5.41) is 4.00. The summed E-state index contributed by atoms with van der Waals surface area (Å²) in [7, 11) is 0. The molecule has 0 bridgehead atoms. The maximum absolute atomic E-state index is 13.2. The van der Waals surface area contributed by atoms with Gasteiger partial charge in [-0.25, -0.2) is 0 Å². The van der Waals surface area contributed by atoms with Crippen molar-refractivity contribution in [3.05, 3.63) is 46.7 Å². The third-order valence-electron chi connectivity index (χ3n) is 5.12. The molecule has 6 nitrogen and oxygen atoms in total. The molecule has 1 atom stereocenters. The molecule has 0 radical (unpaired) electrons. The summed E-state index contributed by atoms with van der Waals surface area (Å²) < 4.78 is 0. The summed E-state index contributed by atoms with van der Waals surface area (Å²) in [6.45, 7) is 1.74. The van der Waals surface area contributed by atoms with Crippen LogP contribution in [0.15, 0.2) is 46.7 Å². The molecule has 152 valence electrons. The molecule has 0 aliphatic carbocycles. The second-order valence-electron chi connectivity index (χ2n) is 7.13. The summed E-state index contributed by atoms with van der Waals surface area (Å²) in [5.74, 6) is -0.689. The zero-order chi connectivity index (χ0) is 20.2. The lowest BCUT2D eigenvalue weighted by Crippen LogP contribution is -2.52. The van der Waals surface area contributed by atoms with Crippen molar-refractivity contribution >= 4 is 46.5 Å². The molecular formula is C21H23N3O3S2. The van der Waals surface area contributed by atoms with Gasteiger partial charge < -0.3 is 15.1 Å². The van der Waals surface area contributed by atoms with Crippen molar-refractivity contribution in [3.63, 3.8) is 0 Å². The van der Waals surface area contributed by atoms with Crippen LogP contribution < -0.4 is 10.2 Å². The quantitative estimate of drug-likeness (QED) is 0.742. The number of nitrogens with zero attached hydrogens (tertiary/aromatic N) is 2. The van der Waals surface area contributed by atoms with Crippen LogP contribution in [0.3, 0.4) is 0 Å². The van der Waals surface area contributed by atoms with E-state index in [1.807, 2.05) is 41.8 Å². The van der Waals surface area contributed by atoms with Crippen LogP contribution in [0.2, 0.25) is 0 Å². The standard InChI is InChI=1S/C21H23N3O3S2/c25-18(22-13-15-7-6-12-28-15)14-24-16-8-2-3-9-17(16)29-19(21(24)27)20(26)23-10-4-1-5-11-23/h2-3,6-9,12,19H,1,4-5,10-11,13-14H2,(H,22,25)/t19-/m0/s1. The molecule has 0 unspecified atom stereocenters. The Morgan fingerprint density at radius 3 is 2.62 bits per heavy atom. The van der Waals surface area contributed by atoms with Gasteiger partial charge in [0.2, 0.25) is 11.8 Å². The number of piperidine rings is 1. The van der Waals surface area contributed by atoms with E-state index in [0.717, 1.165) is 29.0 Å². The molecule has 1 N–H and O–H groups in total. The number of thiophene rings is 1. The van der Waals surface area contributed by atoms with Crippen molar-refractivity contribution < 1.29 is 14.4 Å². The molecule has 1 aromatic carbocycles. The van der Waals surface area contributed by atoms with E-state index < -0.39 is 5.25 Å². The summed E-state index contributed by atoms with van der Waals surface area (Å²) in [6.07, 6.45) is 3.07. The van der Waals surface area contributed by atoms with Crippen molar-refractivity contribution in [1.82, 2.24) is 10.2 Å². The third kappa shape index (κ3) is 4.48. The summed E-state index contributed by atoms with van der Waals surface area (Å²) in [5.41, 5.74) is 0.691. The van der Waals surface area contributed by atoms with E-state index in [0.29, 0.717) is 25.3 Å². The third-order valence-corrected chi connectivity index (χ3v) is 7.24. The fourth-order valence-corrected chi connectivity index (χ4v) is 5.45. The molecule has 1 fully saturated rings. The Balaban J connectivity index is 1.50. The van der Waals surface area contributed by atoms with Gasteiger partial charge in [0.15, 0.2) is 5.25 Å². The van der Waals surface area contributed by atoms with Crippen LogP contribution in [-0.4, -0.2) is 47.5 Å². The summed E-state index contributed by atoms with van der Waals surface area (Å²) >= 11 is 2.87. The van der Waals surface area contributed by atoms with Gasteiger partial charge in [-0.15, -0.1) is 23.1 Å². The highest BCUT2D eigenvalue weighted by Gasteiger charge is 2.40. The maximum Gasteiger partial charge on any atom is 0.250 e. The molecule has 1 aromatic heterocycles. The topological polar surface area (TPSA) is 69.7 Å². The first-order valence-electron chi connectivity index (χ1n) is 9.78. The largest absolute Gasteiger partial charge is 0.350 e. The number of anilines is 1. The van der Waals surface area contributed by atoms with Gasteiger partial charge in [-0.1, -0.05) is 18.2 Å². The predicted octanol–water partition coefficient (Wildman–Crippen LogP) is 2.88. The number of likely N-dealkylation sites (tertiary alicyclic amines) is 1. The van der Waals surface area contributed by atoms with Gasteiger partial charge in [0.1, 0.15) is 6.54 Å². The summed E-state index contributed by atoms with van der Waals surface area (Å²) in [4.78, 5) is 44.0. The average Bonchev–Trinajstić information content (AvgIpc) is 3.28. The van der Waals surface area contributed by atoms with Crippen LogP contribution in [0, 0.1) is 0 Å². The van der Waals surface area contributed by atoms with E-state index in [4.69, 9.17) is 0 Å². The molecule has 4 rings (SSSR count). The van der Waals surface area contributed by atoms with Gasteiger partial charge >= 0.3 is 0 Å². The zero-order valence-electron chi connectivity index (χ0n) is 16.0. The minimum Gasteiger partial charge on any atom is -0.350 e. The first-order chi connectivity index (χ1) is 14.1. The van der Waals surface area contributed by atoms with Crippen LogP contribution in [-0.2, 0) is 20.9 Å². The minimum atomic E-state index is -0.826. The first kappa shape index (κ1) is 20.0. The van der Waals surface area contributed by atoms with Crippen LogP contribution in [0.5, 0.6) is 0 Å². The number of rotatable bonds is 5. The van der Waals surface area contributed by atoms with Crippen LogP contribution in [0.4, 0.5) is 5.69 Å². The number of hydrogen-bond donors (Lipinski definition) is 1. The number of nitrogens with one attached hydrogen (secondary N) is 1. The van der Waals surface area contributed by atoms with Crippen molar-refractivity contribution in [1.29, 1.82) is 0 Å². The highest BCUT2D eigenvalue weighted by atomic mass is 32.2. The van der Waals surface area contributed by atoms with Gasteiger partial charge in [-0.2, -0.15) is 0 Å². The van der Waals surface area contributed by atoms with E-state index in [2.05, 4.69) is 5.32 Å². The number of amides is 3. The smallest absolute Gasteiger partial charge is 0.250 e. The molecule has 2 aromatic rings. The molecule has 0 spiro atoms. The Bertz CT molecular complexity index is 894. The van der Waals surface area contributed by atoms with Crippen LogP contribution in [0.1, 0.15) is 24.1 Å². The molecule has 3 amide bonds. The molecule has 0 saturated carbocycles. The maximum atomic E-state index is 13.2. The zero-order valence-corrected chi connectivity index (χ0v) is 17.6.